The summed E-state index contributed by atoms with van der Waals surface area (Å²) in [5.41, 5.74) is 1.51. The van der Waals surface area contributed by atoms with Crippen LogP contribution in [0.3, 0.4) is 0 Å². The minimum Gasteiger partial charge on any atom is -0.354 e. The van der Waals surface area contributed by atoms with E-state index in [1.54, 1.807) is 12.1 Å². The largest absolute Gasteiger partial charge is 0.354 e. The molecule has 2 aromatic carbocycles. The van der Waals surface area contributed by atoms with Gasteiger partial charge in [-0.1, -0.05) is 67.6 Å². The van der Waals surface area contributed by atoms with E-state index in [9.17, 15) is 18.0 Å². The Morgan fingerprint density at radius 3 is 2.10 bits per heavy atom. The highest BCUT2D eigenvalue weighted by atomic mass is 32.2. The predicted octanol–water partition coefficient (Wildman–Crippen LogP) is 2.17. The third kappa shape index (κ3) is 6.67. The van der Waals surface area contributed by atoms with Crippen LogP contribution in [0.25, 0.3) is 0 Å². The first-order valence-electron chi connectivity index (χ1n) is 9.81. The number of carbonyl (C=O) groups is 2. The number of hydrogen-bond donors (Lipinski definition) is 1. The van der Waals surface area contributed by atoms with Gasteiger partial charge in [0.15, 0.2) is 0 Å². The zero-order valence-corrected chi connectivity index (χ0v) is 18.4. The summed E-state index contributed by atoms with van der Waals surface area (Å²) in [5, 5.41) is 2.87. The van der Waals surface area contributed by atoms with Crippen molar-refractivity contribution in [2.45, 2.75) is 25.9 Å². The molecule has 1 atom stereocenters. The van der Waals surface area contributed by atoms with Gasteiger partial charge >= 0.3 is 0 Å². The second kappa shape index (κ2) is 10.9. The van der Waals surface area contributed by atoms with Gasteiger partial charge in [-0.15, -0.1) is 0 Å². The number of nitrogens with zero attached hydrogens (tertiary/aromatic N) is 2. The Morgan fingerprint density at radius 2 is 1.57 bits per heavy atom. The lowest BCUT2D eigenvalue weighted by atomic mass is 10.0. The molecule has 0 bridgehead atoms. The standard InChI is InChI=1S/C22H29N3O4S/c1-4-15-23-22(27)21(19-13-9-6-10-14-19)25(16-18-11-7-5-8-12-18)20(26)17-24(2)30(3,28)29/h5-14,21H,4,15-17H2,1-3H3,(H,23,27)/t21-/m1/s1. The van der Waals surface area contributed by atoms with E-state index in [-0.39, 0.29) is 19.0 Å². The Hall–Kier alpha value is -2.71. The zero-order chi connectivity index (χ0) is 22.1. The van der Waals surface area contributed by atoms with Crippen molar-refractivity contribution >= 4 is 21.8 Å². The molecule has 0 saturated heterocycles. The second-order valence-electron chi connectivity index (χ2n) is 7.13. The van der Waals surface area contributed by atoms with Crippen LogP contribution < -0.4 is 5.32 Å². The Kier molecular flexibility index (Phi) is 8.56. The average molecular weight is 432 g/mol. The van der Waals surface area contributed by atoms with Crippen LogP contribution in [0.15, 0.2) is 60.7 Å². The molecule has 0 aliphatic rings. The number of nitrogens with one attached hydrogen (secondary N) is 1. The van der Waals surface area contributed by atoms with Crippen LogP contribution in [-0.2, 0) is 26.2 Å². The molecule has 0 heterocycles. The first kappa shape index (κ1) is 23.6. The minimum absolute atomic E-state index is 0.177. The van der Waals surface area contributed by atoms with Crippen molar-refractivity contribution in [2.24, 2.45) is 0 Å². The Bertz CT molecular complexity index is 933. The molecule has 7 nitrogen and oxygen atoms in total. The van der Waals surface area contributed by atoms with E-state index in [0.29, 0.717) is 12.1 Å². The molecule has 0 saturated carbocycles. The summed E-state index contributed by atoms with van der Waals surface area (Å²) in [6.07, 6.45) is 1.81. The molecule has 2 rings (SSSR count). The van der Waals surface area contributed by atoms with Crippen molar-refractivity contribution in [3.05, 3.63) is 71.8 Å². The SMILES string of the molecule is CCCNC(=O)[C@@H](c1ccccc1)N(Cc1ccccc1)C(=O)CN(C)S(C)(=O)=O. The van der Waals surface area contributed by atoms with Gasteiger partial charge in [-0.25, -0.2) is 8.42 Å². The van der Waals surface area contributed by atoms with Gasteiger partial charge in [0.05, 0.1) is 12.8 Å². The highest BCUT2D eigenvalue weighted by Crippen LogP contribution is 2.24. The first-order chi connectivity index (χ1) is 14.2. The van der Waals surface area contributed by atoms with Gasteiger partial charge in [-0.3, -0.25) is 9.59 Å². The maximum Gasteiger partial charge on any atom is 0.247 e. The van der Waals surface area contributed by atoms with Crippen molar-refractivity contribution in [1.29, 1.82) is 0 Å². The maximum atomic E-state index is 13.2. The normalized spacial score (nSPS) is 12.4. The Morgan fingerprint density at radius 1 is 1.00 bits per heavy atom. The van der Waals surface area contributed by atoms with Crippen molar-refractivity contribution < 1.29 is 18.0 Å². The molecule has 0 aliphatic heterocycles. The summed E-state index contributed by atoms with van der Waals surface area (Å²) in [6, 6.07) is 17.5. The Balaban J connectivity index is 2.45. The molecule has 162 valence electrons. The molecule has 1 N–H and O–H groups in total. The monoisotopic (exact) mass is 431 g/mol. The lowest BCUT2D eigenvalue weighted by Gasteiger charge is -2.32. The number of likely N-dealkylation sites (N-methyl/N-ethyl adjacent to an activating group) is 1. The molecule has 30 heavy (non-hydrogen) atoms. The topological polar surface area (TPSA) is 86.8 Å². The van der Waals surface area contributed by atoms with Gasteiger partial charge in [-0.05, 0) is 17.5 Å². The molecule has 2 aromatic rings. The minimum atomic E-state index is -3.54. The van der Waals surface area contributed by atoms with E-state index in [2.05, 4.69) is 5.32 Å². The van der Waals surface area contributed by atoms with E-state index >= 15 is 0 Å². The second-order valence-corrected chi connectivity index (χ2v) is 9.22. The smallest absolute Gasteiger partial charge is 0.247 e. The van der Waals surface area contributed by atoms with Crippen LogP contribution in [-0.4, -0.2) is 55.8 Å². The molecule has 8 heteroatoms. The third-order valence-electron chi connectivity index (χ3n) is 4.66. The van der Waals surface area contributed by atoms with E-state index in [1.807, 2.05) is 55.5 Å². The summed E-state index contributed by atoms with van der Waals surface area (Å²) in [7, 11) is -2.19. The van der Waals surface area contributed by atoms with Crippen LogP contribution >= 0.6 is 0 Å². The molecule has 0 fully saturated rings. The number of hydrogen-bond acceptors (Lipinski definition) is 4. The lowest BCUT2D eigenvalue weighted by molar-refractivity contribution is -0.141. The number of sulfonamides is 1. The summed E-state index contributed by atoms with van der Waals surface area (Å²) in [6.45, 7) is 2.26. The fourth-order valence-electron chi connectivity index (χ4n) is 2.96. The van der Waals surface area contributed by atoms with E-state index in [0.717, 1.165) is 22.5 Å². The number of rotatable bonds is 10. The van der Waals surface area contributed by atoms with Gasteiger partial charge in [0.25, 0.3) is 0 Å². The van der Waals surface area contributed by atoms with E-state index < -0.39 is 22.0 Å². The van der Waals surface area contributed by atoms with Crippen LogP contribution in [0, 0.1) is 0 Å². The fraction of sp³-hybridized carbons (Fsp3) is 0.364. The quantitative estimate of drug-likeness (QED) is 0.625. The third-order valence-corrected chi connectivity index (χ3v) is 5.93. The summed E-state index contributed by atoms with van der Waals surface area (Å²) >= 11 is 0. The van der Waals surface area contributed by atoms with Crippen LogP contribution in [0.4, 0.5) is 0 Å². The molecule has 0 spiro atoms. The number of carbonyl (C=O) groups excluding carboxylic acids is 2. The van der Waals surface area contributed by atoms with Gasteiger partial charge in [0.1, 0.15) is 6.04 Å². The maximum absolute atomic E-state index is 13.2. The molecule has 0 aromatic heterocycles. The molecular weight excluding hydrogens is 402 g/mol. The summed E-state index contributed by atoms with van der Waals surface area (Å²) in [5.74, 6) is -0.749. The van der Waals surface area contributed by atoms with Gasteiger partial charge in [-0.2, -0.15) is 4.31 Å². The zero-order valence-electron chi connectivity index (χ0n) is 17.6. The van der Waals surface area contributed by atoms with E-state index in [1.165, 1.54) is 11.9 Å². The molecular formula is C22H29N3O4S. The number of amides is 2. The van der Waals surface area contributed by atoms with Gasteiger partial charge in [0.2, 0.25) is 21.8 Å². The predicted molar refractivity (Wildman–Crippen MR) is 117 cm³/mol. The Labute approximate surface area is 178 Å². The molecule has 0 radical (unpaired) electrons. The fourth-order valence-corrected chi connectivity index (χ4v) is 3.30. The van der Waals surface area contributed by atoms with Crippen LogP contribution in [0.1, 0.15) is 30.5 Å². The lowest BCUT2D eigenvalue weighted by Crippen LogP contribution is -2.47. The van der Waals surface area contributed by atoms with Crippen molar-refractivity contribution in [2.75, 3.05) is 26.4 Å². The highest BCUT2D eigenvalue weighted by molar-refractivity contribution is 7.88. The average Bonchev–Trinajstić information content (AvgIpc) is 2.72. The molecule has 2 amide bonds. The molecule has 0 unspecified atom stereocenters. The molecule has 0 aliphatic carbocycles. The van der Waals surface area contributed by atoms with Crippen molar-refractivity contribution in [3.8, 4) is 0 Å². The van der Waals surface area contributed by atoms with E-state index in [4.69, 9.17) is 0 Å². The van der Waals surface area contributed by atoms with Gasteiger partial charge in [0, 0.05) is 20.1 Å². The van der Waals surface area contributed by atoms with Crippen molar-refractivity contribution in [3.63, 3.8) is 0 Å². The number of benzene rings is 2. The van der Waals surface area contributed by atoms with Gasteiger partial charge < -0.3 is 10.2 Å². The van der Waals surface area contributed by atoms with Crippen molar-refractivity contribution in [1.82, 2.24) is 14.5 Å². The first-order valence-corrected chi connectivity index (χ1v) is 11.7. The summed E-state index contributed by atoms with van der Waals surface area (Å²) < 4.78 is 24.7. The summed E-state index contributed by atoms with van der Waals surface area (Å²) in [4.78, 5) is 27.8. The highest BCUT2D eigenvalue weighted by Gasteiger charge is 2.32. The van der Waals surface area contributed by atoms with Crippen LogP contribution in [0.2, 0.25) is 0 Å². The van der Waals surface area contributed by atoms with Crippen LogP contribution in [0.5, 0.6) is 0 Å².